The lowest BCUT2D eigenvalue weighted by molar-refractivity contribution is -0.150. The highest BCUT2D eigenvalue weighted by molar-refractivity contribution is 6.10. The summed E-state index contributed by atoms with van der Waals surface area (Å²) < 4.78 is 11.9. The third-order valence-electron chi connectivity index (χ3n) is 9.18. The number of rotatable bonds is 9. The smallest absolute Gasteiger partial charge is 0.235 e. The molecule has 4 unspecified atom stereocenters. The van der Waals surface area contributed by atoms with Crippen LogP contribution in [0.15, 0.2) is 78.9 Å². The molecular weight excluding hydrogens is 604 g/mol. The highest BCUT2D eigenvalue weighted by atomic mass is 16.5. The number of amides is 2. The van der Waals surface area contributed by atoms with Gasteiger partial charge in [-0.25, -0.2) is 0 Å². The van der Waals surface area contributed by atoms with Crippen molar-refractivity contribution in [3.8, 4) is 11.5 Å². The molecule has 5 rings (SSSR count). The summed E-state index contributed by atoms with van der Waals surface area (Å²) in [7, 11) is 1.51. The van der Waals surface area contributed by atoms with Crippen LogP contribution in [0.2, 0.25) is 0 Å². The molecule has 0 radical (unpaired) electrons. The van der Waals surface area contributed by atoms with Crippen LogP contribution in [0.5, 0.6) is 11.5 Å². The third kappa shape index (κ3) is 7.44. The van der Waals surface area contributed by atoms with Crippen molar-refractivity contribution in [2.45, 2.75) is 66.1 Å². The molecule has 0 aliphatic heterocycles. The molecule has 3 N–H and O–H groups in total. The van der Waals surface area contributed by atoms with Crippen LogP contribution >= 0.6 is 0 Å². The minimum atomic E-state index is -1.76. The SMILES string of the molecule is COc1cc(C2C(C(=O)Nc3cc(C)ccc3C)C(=O)CC(C)(O)C2C(=O)Nc2cc(C)ccc2C)ccc1OCc1cccc(C)c1. The normalized spacial score (nSPS) is 20.6. The van der Waals surface area contributed by atoms with Crippen molar-refractivity contribution in [1.82, 2.24) is 0 Å². The Bertz CT molecular complexity index is 1860. The molecule has 0 saturated heterocycles. The summed E-state index contributed by atoms with van der Waals surface area (Å²) in [5, 5.41) is 17.8. The van der Waals surface area contributed by atoms with Crippen LogP contribution in [0, 0.1) is 46.5 Å². The third-order valence-corrected chi connectivity index (χ3v) is 9.18. The maximum Gasteiger partial charge on any atom is 0.235 e. The summed E-state index contributed by atoms with van der Waals surface area (Å²) in [6, 6.07) is 24.6. The average Bonchev–Trinajstić information content (AvgIpc) is 3.02. The van der Waals surface area contributed by atoms with Crippen molar-refractivity contribution in [1.29, 1.82) is 0 Å². The molecule has 0 bridgehead atoms. The second-order valence-electron chi connectivity index (χ2n) is 13.3. The lowest BCUT2D eigenvalue weighted by Gasteiger charge is -2.44. The van der Waals surface area contributed by atoms with Gasteiger partial charge in [-0.1, -0.05) is 60.2 Å². The number of nitrogens with one attached hydrogen (secondary N) is 2. The average molecular weight is 649 g/mol. The first kappa shape index (κ1) is 34.4. The second-order valence-corrected chi connectivity index (χ2v) is 13.3. The summed E-state index contributed by atoms with van der Waals surface area (Å²) in [5.41, 5.74) is 5.59. The van der Waals surface area contributed by atoms with Gasteiger partial charge in [0.05, 0.1) is 18.6 Å². The van der Waals surface area contributed by atoms with Crippen LogP contribution in [-0.4, -0.2) is 35.4 Å². The summed E-state index contributed by atoms with van der Waals surface area (Å²) in [6.07, 6.45) is -0.367. The topological polar surface area (TPSA) is 114 Å². The second kappa shape index (κ2) is 14.0. The predicted molar refractivity (Wildman–Crippen MR) is 188 cm³/mol. The van der Waals surface area contributed by atoms with Gasteiger partial charge in [0.1, 0.15) is 18.3 Å². The van der Waals surface area contributed by atoms with Gasteiger partial charge in [0.25, 0.3) is 0 Å². The van der Waals surface area contributed by atoms with E-state index in [1.807, 2.05) is 95.3 Å². The molecule has 1 aliphatic rings. The number of anilines is 2. The molecule has 0 heterocycles. The monoisotopic (exact) mass is 648 g/mol. The van der Waals surface area contributed by atoms with Gasteiger partial charge in [0.15, 0.2) is 11.5 Å². The summed E-state index contributed by atoms with van der Waals surface area (Å²) in [6.45, 7) is 11.4. The van der Waals surface area contributed by atoms with E-state index >= 15 is 0 Å². The molecule has 1 fully saturated rings. The fraction of sp³-hybridized carbons (Fsp3) is 0.325. The van der Waals surface area contributed by atoms with E-state index in [9.17, 15) is 19.5 Å². The molecule has 1 saturated carbocycles. The number of aryl methyl sites for hydroxylation is 5. The number of aliphatic hydroxyl groups is 1. The molecule has 0 aromatic heterocycles. The van der Waals surface area contributed by atoms with E-state index in [2.05, 4.69) is 10.6 Å². The molecule has 8 heteroatoms. The number of carbonyl (C=O) groups excluding carboxylic acids is 3. The molecule has 4 atom stereocenters. The van der Waals surface area contributed by atoms with E-state index < -0.39 is 41.0 Å². The molecule has 250 valence electrons. The number of benzene rings is 4. The van der Waals surface area contributed by atoms with Gasteiger partial charge in [-0.15, -0.1) is 0 Å². The summed E-state index contributed by atoms with van der Waals surface area (Å²) in [4.78, 5) is 42.4. The van der Waals surface area contributed by atoms with Crippen molar-refractivity contribution >= 4 is 29.0 Å². The highest BCUT2D eigenvalue weighted by Gasteiger charge is 2.56. The Labute approximate surface area is 282 Å². The van der Waals surface area contributed by atoms with Crippen LogP contribution < -0.4 is 20.1 Å². The van der Waals surface area contributed by atoms with Crippen LogP contribution in [0.25, 0.3) is 0 Å². The van der Waals surface area contributed by atoms with Gasteiger partial charge in [-0.2, -0.15) is 0 Å². The molecule has 8 nitrogen and oxygen atoms in total. The Hall–Kier alpha value is -4.95. The molecule has 48 heavy (non-hydrogen) atoms. The highest BCUT2D eigenvalue weighted by Crippen LogP contribution is 2.48. The van der Waals surface area contributed by atoms with E-state index in [4.69, 9.17) is 9.47 Å². The largest absolute Gasteiger partial charge is 0.493 e. The minimum absolute atomic E-state index is 0.301. The number of hydrogen-bond acceptors (Lipinski definition) is 6. The zero-order valence-electron chi connectivity index (χ0n) is 28.6. The standard InChI is InChI=1S/C40H44N2O6/c1-23-9-8-10-28(17-23)22-48-33-16-15-29(20-34(33)47-7)35-36(38(44)41-30-18-24(2)11-13-26(30)4)32(43)21-40(6,46)37(35)39(45)42-31-19-25(3)12-14-27(31)5/h8-20,35-37,46H,21-22H2,1-7H3,(H,41,44)(H,42,45). The Balaban J connectivity index is 1.58. The Morgan fingerprint density at radius 1 is 0.792 bits per heavy atom. The van der Waals surface area contributed by atoms with Crippen molar-refractivity contribution in [3.05, 3.63) is 118 Å². The first-order valence-electron chi connectivity index (χ1n) is 16.1. The summed E-state index contributed by atoms with van der Waals surface area (Å²) >= 11 is 0. The molecule has 1 aliphatic carbocycles. The van der Waals surface area contributed by atoms with Crippen molar-refractivity contribution < 1.29 is 29.0 Å². The van der Waals surface area contributed by atoms with Crippen molar-refractivity contribution in [2.75, 3.05) is 17.7 Å². The molecule has 4 aromatic carbocycles. The van der Waals surface area contributed by atoms with Gasteiger partial charge in [-0.3, -0.25) is 14.4 Å². The van der Waals surface area contributed by atoms with Crippen molar-refractivity contribution in [3.63, 3.8) is 0 Å². The van der Waals surface area contributed by atoms with Crippen LogP contribution in [0.3, 0.4) is 0 Å². The minimum Gasteiger partial charge on any atom is -0.493 e. The van der Waals surface area contributed by atoms with E-state index in [1.165, 1.54) is 14.0 Å². The van der Waals surface area contributed by atoms with Crippen LogP contribution in [0.4, 0.5) is 11.4 Å². The zero-order valence-corrected chi connectivity index (χ0v) is 28.6. The first-order valence-corrected chi connectivity index (χ1v) is 16.1. The fourth-order valence-electron chi connectivity index (χ4n) is 6.63. The van der Waals surface area contributed by atoms with Gasteiger partial charge in [-0.05, 0) is 99.2 Å². The van der Waals surface area contributed by atoms with E-state index in [0.717, 1.165) is 33.4 Å². The van der Waals surface area contributed by atoms with E-state index in [1.54, 1.807) is 18.2 Å². The number of Topliss-reactive ketones (excluding diaryl/α,β-unsaturated/α-hetero) is 1. The molecular formula is C40H44N2O6. The Morgan fingerprint density at radius 2 is 1.40 bits per heavy atom. The van der Waals surface area contributed by atoms with Gasteiger partial charge in [0, 0.05) is 23.7 Å². The lowest BCUT2D eigenvalue weighted by Crippen LogP contribution is -2.56. The maximum absolute atomic E-state index is 14.3. The number of ether oxygens (including phenoxy) is 2. The number of methoxy groups -OCH3 is 1. The van der Waals surface area contributed by atoms with Gasteiger partial charge >= 0.3 is 0 Å². The number of ketones is 1. The quantitative estimate of drug-likeness (QED) is 0.166. The van der Waals surface area contributed by atoms with Crippen LogP contribution in [0.1, 0.15) is 58.2 Å². The fourth-order valence-corrected chi connectivity index (χ4v) is 6.63. The lowest BCUT2D eigenvalue weighted by atomic mass is 9.61. The molecule has 0 spiro atoms. The first-order chi connectivity index (χ1) is 22.8. The van der Waals surface area contributed by atoms with E-state index in [0.29, 0.717) is 35.0 Å². The zero-order chi connectivity index (χ0) is 34.7. The van der Waals surface area contributed by atoms with Gasteiger partial charge < -0.3 is 25.2 Å². The van der Waals surface area contributed by atoms with Gasteiger partial charge in [0.2, 0.25) is 11.8 Å². The molecule has 2 amide bonds. The number of carbonyl (C=O) groups is 3. The summed E-state index contributed by atoms with van der Waals surface area (Å²) in [5.74, 6) is -4.13. The maximum atomic E-state index is 14.3. The van der Waals surface area contributed by atoms with Crippen LogP contribution in [-0.2, 0) is 21.0 Å². The van der Waals surface area contributed by atoms with E-state index in [-0.39, 0.29) is 6.42 Å². The predicted octanol–water partition coefficient (Wildman–Crippen LogP) is 7.13. The Kier molecular flexibility index (Phi) is 10.1. The van der Waals surface area contributed by atoms with Crippen molar-refractivity contribution in [2.24, 2.45) is 11.8 Å². The molecule has 4 aromatic rings. The number of hydrogen-bond donors (Lipinski definition) is 3. The Morgan fingerprint density at radius 3 is 2.00 bits per heavy atom.